The second-order valence-corrected chi connectivity index (χ2v) is 10.0. The fraction of sp³-hybridized carbons (Fsp3) is 0.367. The average molecular weight is 474 g/mol. The molecule has 1 unspecified atom stereocenters. The molecule has 0 amide bonds. The second kappa shape index (κ2) is 10.8. The normalized spacial score (nSPS) is 19.1. The number of rotatable bonds is 7. The first-order valence-electron chi connectivity index (χ1n) is 12.5. The molecule has 0 bridgehead atoms. The lowest BCUT2D eigenvalue weighted by molar-refractivity contribution is 0.0877. The van der Waals surface area contributed by atoms with E-state index in [1.165, 1.54) is 18.4 Å². The molecule has 3 nitrogen and oxygen atoms in total. The minimum atomic E-state index is 0.134. The first-order chi connectivity index (χ1) is 16.7. The second-order valence-electron chi connectivity index (χ2n) is 9.61. The molecule has 2 aliphatic rings. The van der Waals surface area contributed by atoms with Crippen LogP contribution < -0.4 is 4.74 Å². The molecule has 1 aliphatic heterocycles. The predicted molar refractivity (Wildman–Crippen MR) is 138 cm³/mol. The van der Waals surface area contributed by atoms with Crippen molar-refractivity contribution in [1.29, 1.82) is 0 Å². The summed E-state index contributed by atoms with van der Waals surface area (Å²) in [5.74, 6) is 1.91. The topological polar surface area (TPSA) is 29.5 Å². The first-order valence-corrected chi connectivity index (χ1v) is 12.9. The van der Waals surface area contributed by atoms with Crippen molar-refractivity contribution in [2.75, 3.05) is 19.6 Å². The number of hydrogen-bond acceptors (Lipinski definition) is 3. The van der Waals surface area contributed by atoms with Gasteiger partial charge in [0.25, 0.3) is 0 Å². The number of Topliss-reactive ketones (excluding diaryl/α,β-unsaturated/α-hetero) is 1. The number of nitrogens with zero attached hydrogens (tertiary/aromatic N) is 1. The summed E-state index contributed by atoms with van der Waals surface area (Å²) in [5, 5.41) is 0.711. The van der Waals surface area contributed by atoms with Crippen LogP contribution in [-0.4, -0.2) is 30.3 Å². The molecule has 1 atom stereocenters. The zero-order valence-electron chi connectivity index (χ0n) is 19.6. The molecule has 1 heterocycles. The Morgan fingerprint density at radius 3 is 2.47 bits per heavy atom. The zero-order valence-corrected chi connectivity index (χ0v) is 20.3. The van der Waals surface area contributed by atoms with E-state index in [1.54, 1.807) is 0 Å². The summed E-state index contributed by atoms with van der Waals surface area (Å²) >= 11 is 6.23. The Morgan fingerprint density at radius 2 is 1.68 bits per heavy atom. The van der Waals surface area contributed by atoms with Gasteiger partial charge in [-0.25, -0.2) is 0 Å². The molecular weight excluding hydrogens is 442 g/mol. The van der Waals surface area contributed by atoms with Gasteiger partial charge in [-0.15, -0.1) is 0 Å². The van der Waals surface area contributed by atoms with Crippen molar-refractivity contribution in [2.45, 2.75) is 44.6 Å². The fourth-order valence-corrected chi connectivity index (χ4v) is 5.58. The van der Waals surface area contributed by atoms with Gasteiger partial charge in [-0.3, -0.25) is 4.79 Å². The van der Waals surface area contributed by atoms with E-state index in [2.05, 4.69) is 35.2 Å². The number of likely N-dealkylation sites (tertiary alicyclic amines) is 1. The van der Waals surface area contributed by atoms with Gasteiger partial charge in [0, 0.05) is 22.1 Å². The lowest BCUT2D eigenvalue weighted by Gasteiger charge is -2.33. The van der Waals surface area contributed by atoms with Gasteiger partial charge in [0.15, 0.2) is 5.78 Å². The Morgan fingerprint density at radius 1 is 0.912 bits per heavy atom. The molecule has 0 saturated carbocycles. The van der Waals surface area contributed by atoms with Crippen molar-refractivity contribution >= 4 is 17.4 Å². The van der Waals surface area contributed by atoms with Crippen LogP contribution in [-0.2, 0) is 13.0 Å². The Balaban J connectivity index is 1.12. The number of aryl methyl sites for hydroxylation is 1. The SMILES string of the molecule is O=C1c2ccc(OCc3ccccc3Cl)cc2CCC1CCN1CCC(c2ccccc2)CC1. The van der Waals surface area contributed by atoms with Gasteiger partial charge in [-0.1, -0.05) is 60.1 Å². The van der Waals surface area contributed by atoms with Crippen molar-refractivity contribution in [1.82, 2.24) is 4.90 Å². The molecule has 0 aromatic heterocycles. The van der Waals surface area contributed by atoms with Crippen molar-refractivity contribution < 1.29 is 9.53 Å². The number of piperidine rings is 1. The van der Waals surface area contributed by atoms with Gasteiger partial charge in [0.2, 0.25) is 0 Å². The van der Waals surface area contributed by atoms with Crippen molar-refractivity contribution in [3.8, 4) is 5.75 Å². The molecule has 3 aromatic rings. The molecule has 0 N–H and O–H groups in total. The monoisotopic (exact) mass is 473 g/mol. The number of halogens is 1. The van der Waals surface area contributed by atoms with Gasteiger partial charge < -0.3 is 9.64 Å². The van der Waals surface area contributed by atoms with E-state index >= 15 is 0 Å². The van der Waals surface area contributed by atoms with Crippen LogP contribution >= 0.6 is 11.6 Å². The predicted octanol–water partition coefficient (Wildman–Crippen LogP) is 6.93. The van der Waals surface area contributed by atoms with E-state index in [0.29, 0.717) is 23.3 Å². The van der Waals surface area contributed by atoms with Crippen LogP contribution in [0.15, 0.2) is 72.8 Å². The molecule has 1 aliphatic carbocycles. The highest BCUT2D eigenvalue weighted by molar-refractivity contribution is 6.31. The zero-order chi connectivity index (χ0) is 23.3. The van der Waals surface area contributed by atoms with Crippen LogP contribution in [0, 0.1) is 5.92 Å². The van der Waals surface area contributed by atoms with E-state index < -0.39 is 0 Å². The van der Waals surface area contributed by atoms with E-state index in [9.17, 15) is 4.79 Å². The molecule has 1 saturated heterocycles. The van der Waals surface area contributed by atoms with Gasteiger partial charge in [0.1, 0.15) is 12.4 Å². The van der Waals surface area contributed by atoms with Crippen LogP contribution in [0.4, 0.5) is 0 Å². The highest BCUT2D eigenvalue weighted by Crippen LogP contribution is 2.32. The molecule has 0 radical (unpaired) electrons. The minimum absolute atomic E-state index is 0.134. The average Bonchev–Trinajstić information content (AvgIpc) is 2.89. The highest BCUT2D eigenvalue weighted by atomic mass is 35.5. The van der Waals surface area contributed by atoms with E-state index in [4.69, 9.17) is 16.3 Å². The highest BCUT2D eigenvalue weighted by Gasteiger charge is 2.29. The number of ether oxygens (including phenoxy) is 1. The van der Waals surface area contributed by atoms with Crippen LogP contribution in [0.5, 0.6) is 5.75 Å². The van der Waals surface area contributed by atoms with Gasteiger partial charge in [0.05, 0.1) is 0 Å². The summed E-state index contributed by atoms with van der Waals surface area (Å²) in [6.45, 7) is 3.70. The van der Waals surface area contributed by atoms with E-state index in [1.807, 2.05) is 42.5 Å². The largest absolute Gasteiger partial charge is 0.489 e. The van der Waals surface area contributed by atoms with Crippen molar-refractivity contribution in [3.63, 3.8) is 0 Å². The summed E-state index contributed by atoms with van der Waals surface area (Å²) in [4.78, 5) is 15.7. The third-order valence-corrected chi connectivity index (χ3v) is 7.85. The Hall–Kier alpha value is -2.62. The number of fused-ring (bicyclic) bond motifs is 1. The number of carbonyl (C=O) groups is 1. The first kappa shape index (κ1) is 23.1. The summed E-state index contributed by atoms with van der Waals surface area (Å²) in [6, 6.07) is 24.5. The standard InChI is InChI=1S/C30H32ClNO2/c31-29-9-5-4-8-26(29)21-34-27-12-13-28-25(20-27)11-10-24(30(28)33)16-19-32-17-14-23(15-18-32)22-6-2-1-3-7-22/h1-9,12-13,20,23-24H,10-11,14-19,21H2. The van der Waals surface area contributed by atoms with E-state index in [0.717, 1.165) is 61.3 Å². The maximum absolute atomic E-state index is 13.2. The minimum Gasteiger partial charge on any atom is -0.489 e. The Bertz CT molecular complexity index is 1120. The maximum atomic E-state index is 13.2. The van der Waals surface area contributed by atoms with Crippen LogP contribution in [0.1, 0.15) is 58.6 Å². The number of benzene rings is 3. The van der Waals surface area contributed by atoms with Crippen molar-refractivity contribution in [3.05, 3.63) is 100 Å². The van der Waals surface area contributed by atoms with Gasteiger partial charge in [-0.2, -0.15) is 0 Å². The third-order valence-electron chi connectivity index (χ3n) is 7.48. The number of ketones is 1. The molecular formula is C30H32ClNO2. The van der Waals surface area contributed by atoms with Crippen LogP contribution in [0.25, 0.3) is 0 Å². The summed E-state index contributed by atoms with van der Waals surface area (Å²) in [5.41, 5.74) is 4.42. The number of carbonyl (C=O) groups excluding carboxylic acids is 1. The van der Waals surface area contributed by atoms with E-state index in [-0.39, 0.29) is 5.92 Å². The van der Waals surface area contributed by atoms with Crippen LogP contribution in [0.3, 0.4) is 0 Å². The summed E-state index contributed by atoms with van der Waals surface area (Å²) < 4.78 is 5.97. The molecule has 176 valence electrons. The molecule has 4 heteroatoms. The maximum Gasteiger partial charge on any atom is 0.166 e. The lowest BCUT2D eigenvalue weighted by Crippen LogP contribution is -2.35. The van der Waals surface area contributed by atoms with Gasteiger partial charge >= 0.3 is 0 Å². The summed E-state index contributed by atoms with van der Waals surface area (Å²) in [6.07, 6.45) is 5.25. The van der Waals surface area contributed by atoms with Crippen molar-refractivity contribution in [2.24, 2.45) is 5.92 Å². The number of hydrogen-bond donors (Lipinski definition) is 0. The van der Waals surface area contributed by atoms with Gasteiger partial charge in [-0.05, 0) is 93.0 Å². The molecule has 34 heavy (non-hydrogen) atoms. The smallest absolute Gasteiger partial charge is 0.166 e. The molecule has 0 spiro atoms. The third kappa shape index (κ3) is 5.37. The Labute approximate surface area is 207 Å². The Kier molecular flexibility index (Phi) is 7.32. The quantitative estimate of drug-likeness (QED) is 0.372. The summed E-state index contributed by atoms with van der Waals surface area (Å²) in [7, 11) is 0. The molecule has 1 fully saturated rings. The lowest BCUT2D eigenvalue weighted by atomic mass is 9.80. The fourth-order valence-electron chi connectivity index (χ4n) is 5.39. The molecule has 3 aromatic carbocycles. The van der Waals surface area contributed by atoms with Crippen LogP contribution in [0.2, 0.25) is 5.02 Å². The molecule has 5 rings (SSSR count).